The lowest BCUT2D eigenvalue weighted by molar-refractivity contribution is -0.121. The third-order valence-corrected chi connectivity index (χ3v) is 4.78. The van der Waals surface area contributed by atoms with Crippen LogP contribution in [0.3, 0.4) is 0 Å². The van der Waals surface area contributed by atoms with Crippen LogP contribution in [0.2, 0.25) is 0 Å². The quantitative estimate of drug-likeness (QED) is 0.623. The van der Waals surface area contributed by atoms with Crippen molar-refractivity contribution >= 4 is 16.8 Å². The number of carbonyl (C=O) groups excluding carboxylic acids is 1. The van der Waals surface area contributed by atoms with Gasteiger partial charge in [-0.05, 0) is 35.7 Å². The van der Waals surface area contributed by atoms with Crippen LogP contribution in [0.4, 0.5) is 0 Å². The summed E-state index contributed by atoms with van der Waals surface area (Å²) in [7, 11) is 1.67. The number of para-hydroxylation sites is 1. The summed E-state index contributed by atoms with van der Waals surface area (Å²) in [6, 6.07) is 16.3. The standard InChI is InChI=1S/C22H26N2O2/c1-3-4-9-22(25)24-14-19(16-10-12-17(26-2)13-11-16)20-15-23-21-8-6-5-7-18(20)21/h5-8,10-13,15,19,23H,3-4,9,14H2,1-2H3,(H,24,25)/t19-/m1/s1. The van der Waals surface area contributed by atoms with Crippen LogP contribution in [0.5, 0.6) is 5.75 Å². The van der Waals surface area contributed by atoms with Gasteiger partial charge in [-0.15, -0.1) is 0 Å². The van der Waals surface area contributed by atoms with Crippen LogP contribution in [0.1, 0.15) is 43.2 Å². The predicted molar refractivity (Wildman–Crippen MR) is 106 cm³/mol. The van der Waals surface area contributed by atoms with Crippen molar-refractivity contribution in [2.24, 2.45) is 0 Å². The van der Waals surface area contributed by atoms with Gasteiger partial charge < -0.3 is 15.0 Å². The maximum atomic E-state index is 12.1. The molecule has 0 saturated carbocycles. The zero-order valence-electron chi connectivity index (χ0n) is 15.4. The second-order valence-corrected chi connectivity index (χ2v) is 6.52. The second-order valence-electron chi connectivity index (χ2n) is 6.52. The molecule has 0 aliphatic heterocycles. The van der Waals surface area contributed by atoms with Gasteiger partial charge in [-0.3, -0.25) is 4.79 Å². The van der Waals surface area contributed by atoms with Gasteiger partial charge in [0.1, 0.15) is 5.75 Å². The number of rotatable bonds is 8. The number of nitrogens with one attached hydrogen (secondary N) is 2. The lowest BCUT2D eigenvalue weighted by Crippen LogP contribution is -2.28. The molecule has 1 aromatic heterocycles. The maximum Gasteiger partial charge on any atom is 0.220 e. The molecular weight excluding hydrogens is 324 g/mol. The van der Waals surface area contributed by atoms with Crippen LogP contribution in [0, 0.1) is 0 Å². The Morgan fingerprint density at radius 2 is 1.92 bits per heavy atom. The molecule has 0 spiro atoms. The highest BCUT2D eigenvalue weighted by molar-refractivity contribution is 5.84. The summed E-state index contributed by atoms with van der Waals surface area (Å²) in [6.45, 7) is 2.68. The summed E-state index contributed by atoms with van der Waals surface area (Å²) in [4.78, 5) is 15.5. The molecule has 1 amide bonds. The number of aromatic nitrogens is 1. The molecule has 0 aliphatic rings. The first-order valence-electron chi connectivity index (χ1n) is 9.19. The van der Waals surface area contributed by atoms with E-state index in [1.54, 1.807) is 7.11 Å². The molecule has 1 heterocycles. The minimum absolute atomic E-state index is 0.0858. The summed E-state index contributed by atoms with van der Waals surface area (Å²) in [5, 5.41) is 4.30. The molecular formula is C22H26N2O2. The van der Waals surface area contributed by atoms with Gasteiger partial charge in [0, 0.05) is 36.0 Å². The molecule has 0 bridgehead atoms. The van der Waals surface area contributed by atoms with Crippen molar-refractivity contribution in [1.82, 2.24) is 10.3 Å². The Morgan fingerprint density at radius 1 is 1.15 bits per heavy atom. The van der Waals surface area contributed by atoms with E-state index in [9.17, 15) is 4.79 Å². The zero-order chi connectivity index (χ0) is 18.4. The predicted octanol–water partition coefficient (Wildman–Crippen LogP) is 4.61. The lowest BCUT2D eigenvalue weighted by atomic mass is 9.90. The van der Waals surface area contributed by atoms with Gasteiger partial charge in [0.15, 0.2) is 0 Å². The molecule has 2 N–H and O–H groups in total. The Hall–Kier alpha value is -2.75. The minimum atomic E-state index is 0.0858. The summed E-state index contributed by atoms with van der Waals surface area (Å²) in [5.74, 6) is 1.03. The molecule has 4 heteroatoms. The van der Waals surface area contributed by atoms with Gasteiger partial charge in [0.25, 0.3) is 0 Å². The van der Waals surface area contributed by atoms with E-state index in [4.69, 9.17) is 4.74 Å². The Bertz CT molecular complexity index is 852. The minimum Gasteiger partial charge on any atom is -0.497 e. The van der Waals surface area contributed by atoms with Crippen molar-refractivity contribution in [2.75, 3.05) is 13.7 Å². The van der Waals surface area contributed by atoms with Crippen LogP contribution in [0.15, 0.2) is 54.7 Å². The summed E-state index contributed by atoms with van der Waals surface area (Å²) < 4.78 is 5.28. The largest absolute Gasteiger partial charge is 0.497 e. The van der Waals surface area contributed by atoms with Crippen molar-refractivity contribution in [3.05, 3.63) is 65.9 Å². The van der Waals surface area contributed by atoms with E-state index in [1.165, 1.54) is 10.9 Å². The van der Waals surface area contributed by atoms with E-state index >= 15 is 0 Å². The molecule has 2 aromatic carbocycles. The topological polar surface area (TPSA) is 54.1 Å². The number of aromatic amines is 1. The number of ether oxygens (including phenoxy) is 1. The van der Waals surface area contributed by atoms with E-state index in [0.29, 0.717) is 13.0 Å². The molecule has 0 fully saturated rings. The smallest absolute Gasteiger partial charge is 0.220 e. The van der Waals surface area contributed by atoms with Crippen LogP contribution in [-0.2, 0) is 4.79 Å². The van der Waals surface area contributed by atoms with Crippen LogP contribution < -0.4 is 10.1 Å². The number of hydrogen-bond donors (Lipinski definition) is 2. The first kappa shape index (κ1) is 18.1. The molecule has 26 heavy (non-hydrogen) atoms. The first-order chi connectivity index (χ1) is 12.7. The Morgan fingerprint density at radius 3 is 2.65 bits per heavy atom. The van der Waals surface area contributed by atoms with Gasteiger partial charge in [-0.1, -0.05) is 43.7 Å². The van der Waals surface area contributed by atoms with Gasteiger partial charge in [0.2, 0.25) is 5.91 Å². The Balaban J connectivity index is 1.89. The Labute approximate surface area is 154 Å². The number of carbonyl (C=O) groups is 1. The third-order valence-electron chi connectivity index (χ3n) is 4.78. The molecule has 0 radical (unpaired) electrons. The van der Waals surface area contributed by atoms with Gasteiger partial charge >= 0.3 is 0 Å². The van der Waals surface area contributed by atoms with Gasteiger partial charge in [-0.25, -0.2) is 0 Å². The molecule has 136 valence electrons. The normalized spacial score (nSPS) is 12.1. The van der Waals surface area contributed by atoms with Crippen molar-refractivity contribution in [3.8, 4) is 5.75 Å². The number of unbranched alkanes of at least 4 members (excludes halogenated alkanes) is 1. The highest BCUT2D eigenvalue weighted by atomic mass is 16.5. The average Bonchev–Trinajstić information content (AvgIpc) is 3.11. The molecule has 4 nitrogen and oxygen atoms in total. The van der Waals surface area contributed by atoms with Crippen molar-refractivity contribution in [1.29, 1.82) is 0 Å². The van der Waals surface area contributed by atoms with Gasteiger partial charge in [-0.2, -0.15) is 0 Å². The van der Waals surface area contributed by atoms with Crippen LogP contribution >= 0.6 is 0 Å². The summed E-state index contributed by atoms with van der Waals surface area (Å²) in [6.07, 6.45) is 4.58. The highest BCUT2D eigenvalue weighted by Crippen LogP contribution is 2.31. The maximum absolute atomic E-state index is 12.1. The number of hydrogen-bond acceptors (Lipinski definition) is 2. The van der Waals surface area contributed by atoms with E-state index in [-0.39, 0.29) is 11.8 Å². The van der Waals surface area contributed by atoms with E-state index in [1.807, 2.05) is 24.3 Å². The molecule has 0 saturated heterocycles. The van der Waals surface area contributed by atoms with Crippen molar-refractivity contribution < 1.29 is 9.53 Å². The number of amides is 1. The molecule has 0 unspecified atom stereocenters. The van der Waals surface area contributed by atoms with Crippen LogP contribution in [-0.4, -0.2) is 24.5 Å². The van der Waals surface area contributed by atoms with E-state index in [2.05, 4.69) is 47.7 Å². The molecule has 3 aromatic rings. The fourth-order valence-electron chi connectivity index (χ4n) is 3.27. The average molecular weight is 350 g/mol. The summed E-state index contributed by atoms with van der Waals surface area (Å²) >= 11 is 0. The van der Waals surface area contributed by atoms with E-state index < -0.39 is 0 Å². The number of benzene rings is 2. The first-order valence-corrected chi connectivity index (χ1v) is 9.19. The Kier molecular flexibility index (Phi) is 5.95. The zero-order valence-corrected chi connectivity index (χ0v) is 15.4. The lowest BCUT2D eigenvalue weighted by Gasteiger charge is -2.18. The van der Waals surface area contributed by atoms with Crippen molar-refractivity contribution in [3.63, 3.8) is 0 Å². The number of H-pyrrole nitrogens is 1. The van der Waals surface area contributed by atoms with Crippen molar-refractivity contribution in [2.45, 2.75) is 32.1 Å². The fourth-order valence-corrected chi connectivity index (χ4v) is 3.27. The monoisotopic (exact) mass is 350 g/mol. The number of methoxy groups -OCH3 is 1. The second kappa shape index (κ2) is 8.56. The number of fused-ring (bicyclic) bond motifs is 1. The third kappa shape index (κ3) is 4.07. The molecule has 0 aliphatic carbocycles. The van der Waals surface area contributed by atoms with Gasteiger partial charge in [0.05, 0.1) is 7.11 Å². The SMILES string of the molecule is CCCCC(=O)NC[C@H](c1ccc(OC)cc1)c1c[nH]c2ccccc12. The fraction of sp³-hybridized carbons (Fsp3) is 0.318. The van der Waals surface area contributed by atoms with E-state index in [0.717, 1.165) is 29.7 Å². The molecule has 1 atom stereocenters. The van der Waals surface area contributed by atoms with Crippen LogP contribution in [0.25, 0.3) is 10.9 Å². The highest BCUT2D eigenvalue weighted by Gasteiger charge is 2.19. The molecule has 3 rings (SSSR count). The summed E-state index contributed by atoms with van der Waals surface area (Å²) in [5.41, 5.74) is 3.46.